The molecule has 1 N–H and O–H groups in total. The van der Waals surface area contributed by atoms with Crippen LogP contribution in [0.25, 0.3) is 0 Å². The Labute approximate surface area is 120 Å². The van der Waals surface area contributed by atoms with Crippen LogP contribution < -0.4 is 5.32 Å². The summed E-state index contributed by atoms with van der Waals surface area (Å²) in [5.41, 5.74) is -0.0405. The Morgan fingerprint density at radius 2 is 1.68 bits per heavy atom. The summed E-state index contributed by atoms with van der Waals surface area (Å²) in [6.07, 6.45) is 3.79. The van der Waals surface area contributed by atoms with Crippen LogP contribution >= 0.6 is 0 Å². The fourth-order valence-electron chi connectivity index (χ4n) is 3.40. The van der Waals surface area contributed by atoms with Crippen molar-refractivity contribution in [2.45, 2.75) is 78.0 Å². The van der Waals surface area contributed by atoms with Gasteiger partial charge in [0, 0.05) is 19.1 Å². The maximum Gasteiger partial charge on any atom is 0.0760 e. The molecule has 0 radical (unpaired) electrons. The highest BCUT2D eigenvalue weighted by atomic mass is 16.5. The molecular weight excluding hydrogens is 236 g/mol. The van der Waals surface area contributed by atoms with E-state index in [1.807, 2.05) is 0 Å². The van der Waals surface area contributed by atoms with E-state index in [0.29, 0.717) is 6.04 Å². The van der Waals surface area contributed by atoms with Gasteiger partial charge in [-0.3, -0.25) is 4.90 Å². The zero-order valence-corrected chi connectivity index (χ0v) is 13.9. The molecule has 3 heteroatoms. The number of hydrogen-bond donors (Lipinski definition) is 1. The first kappa shape index (κ1) is 16.9. The minimum atomic E-state index is -0.0203. The molecule has 0 aromatic heterocycles. The summed E-state index contributed by atoms with van der Waals surface area (Å²) < 4.78 is 6.12. The maximum absolute atomic E-state index is 6.12. The van der Waals surface area contributed by atoms with Gasteiger partial charge in [0.1, 0.15) is 0 Å². The smallest absolute Gasteiger partial charge is 0.0760 e. The average Bonchev–Trinajstić information content (AvgIpc) is 2.23. The molecule has 1 unspecified atom stereocenters. The Kier molecular flexibility index (Phi) is 6.28. The van der Waals surface area contributed by atoms with Crippen molar-refractivity contribution in [2.75, 3.05) is 26.2 Å². The Morgan fingerprint density at radius 1 is 1.11 bits per heavy atom. The number of ether oxygens (including phenoxy) is 1. The molecule has 0 aromatic carbocycles. The van der Waals surface area contributed by atoms with Crippen molar-refractivity contribution in [1.82, 2.24) is 10.2 Å². The Bertz CT molecular complexity index is 247. The lowest BCUT2D eigenvalue weighted by atomic mass is 9.98. The molecule has 114 valence electrons. The summed E-state index contributed by atoms with van der Waals surface area (Å²) >= 11 is 0. The summed E-state index contributed by atoms with van der Waals surface area (Å²) in [5, 5.41) is 3.56. The van der Waals surface area contributed by atoms with E-state index in [4.69, 9.17) is 4.74 Å². The minimum Gasteiger partial charge on any atom is -0.367 e. The summed E-state index contributed by atoms with van der Waals surface area (Å²) in [6.45, 7) is 17.6. The third-order valence-corrected chi connectivity index (χ3v) is 3.77. The molecule has 1 aliphatic rings. The molecule has 1 atom stereocenters. The summed E-state index contributed by atoms with van der Waals surface area (Å²) in [6, 6.07) is 0.687. The predicted octanol–water partition coefficient (Wildman–Crippen LogP) is 3.04. The molecule has 1 aliphatic heterocycles. The van der Waals surface area contributed by atoms with E-state index in [9.17, 15) is 0 Å². The maximum atomic E-state index is 6.12. The molecule has 0 saturated carbocycles. The normalized spacial score (nSPS) is 24.3. The first-order valence-electron chi connectivity index (χ1n) is 7.94. The van der Waals surface area contributed by atoms with Gasteiger partial charge in [0.2, 0.25) is 0 Å². The van der Waals surface area contributed by atoms with Gasteiger partial charge in [-0.15, -0.1) is 0 Å². The third-order valence-electron chi connectivity index (χ3n) is 3.77. The van der Waals surface area contributed by atoms with E-state index in [2.05, 4.69) is 51.8 Å². The molecule has 0 aliphatic carbocycles. The quantitative estimate of drug-likeness (QED) is 0.769. The number of nitrogens with zero attached hydrogens (tertiary/aromatic N) is 1. The fourth-order valence-corrected chi connectivity index (χ4v) is 3.40. The second-order valence-corrected chi connectivity index (χ2v) is 7.14. The lowest BCUT2D eigenvalue weighted by molar-refractivity contribution is -0.180. The number of hydrogen-bond acceptors (Lipinski definition) is 3. The molecular formula is C16H34N2O. The highest BCUT2D eigenvalue weighted by molar-refractivity contribution is 4.89. The van der Waals surface area contributed by atoms with E-state index < -0.39 is 0 Å². The van der Waals surface area contributed by atoms with Gasteiger partial charge in [-0.25, -0.2) is 0 Å². The van der Waals surface area contributed by atoms with Crippen molar-refractivity contribution in [3.8, 4) is 0 Å². The van der Waals surface area contributed by atoms with Crippen molar-refractivity contribution in [3.05, 3.63) is 0 Å². The van der Waals surface area contributed by atoms with E-state index in [1.165, 1.54) is 25.8 Å². The highest BCUT2D eigenvalue weighted by Crippen LogP contribution is 2.28. The zero-order valence-electron chi connectivity index (χ0n) is 13.9. The molecule has 0 aromatic rings. The molecule has 3 nitrogen and oxygen atoms in total. The standard InChI is InChI=1S/C16H34N2O/c1-7-14(17-8-2)10-9-11-18-12-15(3,4)19-16(5,6)13-18/h14,17H,7-13H2,1-6H3. The molecule has 1 heterocycles. The number of rotatable bonds is 7. The highest BCUT2D eigenvalue weighted by Gasteiger charge is 2.37. The van der Waals surface area contributed by atoms with Crippen molar-refractivity contribution in [1.29, 1.82) is 0 Å². The molecule has 0 bridgehead atoms. The average molecular weight is 270 g/mol. The van der Waals surface area contributed by atoms with Crippen LogP contribution in [0.2, 0.25) is 0 Å². The van der Waals surface area contributed by atoms with E-state index in [1.54, 1.807) is 0 Å². The first-order chi connectivity index (χ1) is 8.78. The predicted molar refractivity (Wildman–Crippen MR) is 82.7 cm³/mol. The van der Waals surface area contributed by atoms with Gasteiger partial charge in [-0.2, -0.15) is 0 Å². The van der Waals surface area contributed by atoms with Crippen molar-refractivity contribution in [3.63, 3.8) is 0 Å². The topological polar surface area (TPSA) is 24.5 Å². The van der Waals surface area contributed by atoms with Gasteiger partial charge in [0.05, 0.1) is 11.2 Å². The summed E-state index contributed by atoms with van der Waals surface area (Å²) in [4.78, 5) is 2.57. The Hall–Kier alpha value is -0.120. The van der Waals surface area contributed by atoms with Crippen molar-refractivity contribution in [2.24, 2.45) is 0 Å². The van der Waals surface area contributed by atoms with Crippen LogP contribution in [0.15, 0.2) is 0 Å². The van der Waals surface area contributed by atoms with Gasteiger partial charge in [0.25, 0.3) is 0 Å². The summed E-state index contributed by atoms with van der Waals surface area (Å²) in [5.74, 6) is 0. The van der Waals surface area contributed by atoms with Gasteiger partial charge in [-0.05, 0) is 60.0 Å². The zero-order chi connectivity index (χ0) is 14.5. The lowest BCUT2D eigenvalue weighted by Gasteiger charge is -2.47. The van der Waals surface area contributed by atoms with Crippen LogP contribution in [0.3, 0.4) is 0 Å². The number of nitrogens with one attached hydrogen (secondary N) is 1. The van der Waals surface area contributed by atoms with Crippen LogP contribution in [0, 0.1) is 0 Å². The second-order valence-electron chi connectivity index (χ2n) is 7.14. The van der Waals surface area contributed by atoms with Gasteiger partial charge in [-0.1, -0.05) is 13.8 Å². The lowest BCUT2D eigenvalue weighted by Crippen LogP contribution is -2.57. The second kappa shape index (κ2) is 7.05. The molecule has 0 amide bonds. The van der Waals surface area contributed by atoms with E-state index >= 15 is 0 Å². The largest absolute Gasteiger partial charge is 0.367 e. The molecule has 0 spiro atoms. The molecule has 1 fully saturated rings. The van der Waals surface area contributed by atoms with Crippen molar-refractivity contribution >= 4 is 0 Å². The van der Waals surface area contributed by atoms with Crippen molar-refractivity contribution < 1.29 is 4.74 Å². The fraction of sp³-hybridized carbons (Fsp3) is 1.00. The Morgan fingerprint density at radius 3 is 2.16 bits per heavy atom. The van der Waals surface area contributed by atoms with Crippen LogP contribution in [0.4, 0.5) is 0 Å². The van der Waals surface area contributed by atoms with E-state index in [-0.39, 0.29) is 11.2 Å². The third kappa shape index (κ3) is 6.24. The summed E-state index contributed by atoms with van der Waals surface area (Å²) in [7, 11) is 0. The number of morpholine rings is 1. The minimum absolute atomic E-state index is 0.0203. The van der Waals surface area contributed by atoms with Crippen LogP contribution in [0.1, 0.15) is 60.8 Å². The first-order valence-corrected chi connectivity index (χ1v) is 7.94. The SMILES string of the molecule is CCNC(CC)CCCN1CC(C)(C)OC(C)(C)C1. The van der Waals surface area contributed by atoms with E-state index in [0.717, 1.165) is 19.6 Å². The van der Waals surface area contributed by atoms with Crippen LogP contribution in [0.5, 0.6) is 0 Å². The monoisotopic (exact) mass is 270 g/mol. The van der Waals surface area contributed by atoms with Gasteiger partial charge in [0.15, 0.2) is 0 Å². The van der Waals surface area contributed by atoms with Crippen LogP contribution in [-0.4, -0.2) is 48.3 Å². The Balaban J connectivity index is 2.36. The molecule has 19 heavy (non-hydrogen) atoms. The molecule has 1 rings (SSSR count). The van der Waals surface area contributed by atoms with Gasteiger partial charge < -0.3 is 10.1 Å². The van der Waals surface area contributed by atoms with Gasteiger partial charge >= 0.3 is 0 Å². The van der Waals surface area contributed by atoms with Crippen LogP contribution in [-0.2, 0) is 4.74 Å². The molecule has 1 saturated heterocycles.